The third-order valence-electron chi connectivity index (χ3n) is 2.38. The Morgan fingerprint density at radius 2 is 2.11 bits per heavy atom. The van der Waals surface area contributed by atoms with Gasteiger partial charge in [0.1, 0.15) is 11.6 Å². The molecule has 1 amide bonds. The van der Waals surface area contributed by atoms with E-state index < -0.39 is 17.5 Å². The number of pyridine rings is 1. The molecule has 2 rings (SSSR count). The topological polar surface area (TPSA) is 42.0 Å². The predicted molar refractivity (Wildman–Crippen MR) is 67.9 cm³/mol. The van der Waals surface area contributed by atoms with Crippen LogP contribution in [0.4, 0.5) is 14.6 Å². The summed E-state index contributed by atoms with van der Waals surface area (Å²) in [5, 5.41) is 2.75. The molecule has 2 aromatic rings. The molecule has 1 heterocycles. The number of hydrogen-bond donors (Lipinski definition) is 1. The van der Waals surface area contributed by atoms with Crippen LogP contribution in [0.5, 0.6) is 0 Å². The molecule has 0 saturated heterocycles. The van der Waals surface area contributed by atoms with Gasteiger partial charge in [0.15, 0.2) is 5.82 Å². The number of carbonyl (C=O) groups is 1. The molecule has 0 fully saturated rings. The lowest BCUT2D eigenvalue weighted by molar-refractivity contribution is -0.115. The maximum atomic E-state index is 13.4. The highest BCUT2D eigenvalue weighted by atomic mass is 35.5. The molecule has 0 atom stereocenters. The van der Waals surface area contributed by atoms with E-state index in [0.29, 0.717) is 0 Å². The molecule has 1 aromatic heterocycles. The molecule has 1 N–H and O–H groups in total. The van der Waals surface area contributed by atoms with Crippen molar-refractivity contribution >= 4 is 23.3 Å². The van der Waals surface area contributed by atoms with Gasteiger partial charge in [-0.2, -0.15) is 0 Å². The number of carbonyl (C=O) groups excluding carboxylic acids is 1. The maximum Gasteiger partial charge on any atom is 0.230 e. The summed E-state index contributed by atoms with van der Waals surface area (Å²) in [4.78, 5) is 15.6. The van der Waals surface area contributed by atoms with Crippen molar-refractivity contribution in [2.75, 3.05) is 5.32 Å². The number of amides is 1. The average Bonchev–Trinajstić information content (AvgIpc) is 2.36. The summed E-state index contributed by atoms with van der Waals surface area (Å²) < 4.78 is 26.1. The van der Waals surface area contributed by atoms with Gasteiger partial charge in [-0.05, 0) is 23.8 Å². The monoisotopic (exact) mass is 282 g/mol. The number of benzene rings is 1. The first-order valence-corrected chi connectivity index (χ1v) is 5.78. The van der Waals surface area contributed by atoms with Crippen LogP contribution in [0.15, 0.2) is 36.5 Å². The fourth-order valence-corrected chi connectivity index (χ4v) is 1.66. The van der Waals surface area contributed by atoms with Crippen molar-refractivity contribution in [3.05, 3.63) is 58.7 Å². The number of nitrogens with one attached hydrogen (secondary N) is 1. The Balaban J connectivity index is 2.08. The SMILES string of the molecule is O=C(Cc1ccc(F)cc1F)Nc1ncccc1Cl. The highest BCUT2D eigenvalue weighted by Gasteiger charge is 2.11. The van der Waals surface area contributed by atoms with Crippen molar-refractivity contribution in [1.29, 1.82) is 0 Å². The van der Waals surface area contributed by atoms with Crippen LogP contribution in [0, 0.1) is 11.6 Å². The van der Waals surface area contributed by atoms with Crippen molar-refractivity contribution < 1.29 is 13.6 Å². The van der Waals surface area contributed by atoms with E-state index in [1.54, 1.807) is 12.1 Å². The highest BCUT2D eigenvalue weighted by molar-refractivity contribution is 6.33. The van der Waals surface area contributed by atoms with Crippen LogP contribution in [0.3, 0.4) is 0 Å². The average molecular weight is 283 g/mol. The predicted octanol–water partition coefficient (Wildman–Crippen LogP) is 3.19. The molecule has 0 unspecified atom stereocenters. The van der Waals surface area contributed by atoms with Gasteiger partial charge in [-0.1, -0.05) is 17.7 Å². The lowest BCUT2D eigenvalue weighted by atomic mass is 10.1. The minimum atomic E-state index is -0.762. The molecule has 0 aliphatic heterocycles. The molecular formula is C13H9ClF2N2O. The molecular weight excluding hydrogens is 274 g/mol. The van der Waals surface area contributed by atoms with Crippen molar-refractivity contribution in [1.82, 2.24) is 4.98 Å². The summed E-state index contributed by atoms with van der Waals surface area (Å²) in [7, 11) is 0. The van der Waals surface area contributed by atoms with E-state index in [0.717, 1.165) is 12.1 Å². The van der Waals surface area contributed by atoms with Crippen molar-refractivity contribution in [3.8, 4) is 0 Å². The second-order valence-corrected chi connectivity index (χ2v) is 4.20. The van der Waals surface area contributed by atoms with E-state index in [4.69, 9.17) is 11.6 Å². The van der Waals surface area contributed by atoms with E-state index in [-0.39, 0.29) is 22.8 Å². The first-order chi connectivity index (χ1) is 9.06. The molecule has 0 saturated carbocycles. The molecule has 0 aliphatic carbocycles. The van der Waals surface area contributed by atoms with Gasteiger partial charge in [-0.15, -0.1) is 0 Å². The summed E-state index contributed by atoms with van der Waals surface area (Å²) in [6.07, 6.45) is 1.25. The van der Waals surface area contributed by atoms with E-state index >= 15 is 0 Å². The Morgan fingerprint density at radius 1 is 1.32 bits per heavy atom. The Hall–Kier alpha value is -2.01. The lowest BCUT2D eigenvalue weighted by Gasteiger charge is -2.06. The van der Waals surface area contributed by atoms with Crippen molar-refractivity contribution in [2.45, 2.75) is 6.42 Å². The molecule has 0 radical (unpaired) electrons. The minimum Gasteiger partial charge on any atom is -0.309 e. The fourth-order valence-electron chi connectivity index (χ4n) is 1.49. The quantitative estimate of drug-likeness (QED) is 0.939. The smallest absolute Gasteiger partial charge is 0.230 e. The second kappa shape index (κ2) is 5.75. The zero-order chi connectivity index (χ0) is 13.8. The van der Waals surface area contributed by atoms with Crippen LogP contribution >= 0.6 is 11.6 Å². The summed E-state index contributed by atoms with van der Waals surface area (Å²) in [6, 6.07) is 6.25. The fraction of sp³-hybridized carbons (Fsp3) is 0.0769. The number of hydrogen-bond acceptors (Lipinski definition) is 2. The van der Waals surface area contributed by atoms with E-state index in [9.17, 15) is 13.6 Å². The first kappa shape index (κ1) is 13.4. The number of halogens is 3. The van der Waals surface area contributed by atoms with E-state index in [2.05, 4.69) is 10.3 Å². The van der Waals surface area contributed by atoms with Gasteiger partial charge in [0.2, 0.25) is 5.91 Å². The first-order valence-electron chi connectivity index (χ1n) is 5.40. The normalized spacial score (nSPS) is 10.3. The van der Waals surface area contributed by atoms with Gasteiger partial charge >= 0.3 is 0 Å². The molecule has 6 heteroatoms. The second-order valence-electron chi connectivity index (χ2n) is 3.79. The third-order valence-corrected chi connectivity index (χ3v) is 2.69. The standard InChI is InChI=1S/C13H9ClF2N2O/c14-10-2-1-5-17-13(10)18-12(19)6-8-3-4-9(15)7-11(8)16/h1-5,7H,6H2,(H,17,18,19). The third kappa shape index (κ3) is 3.48. The lowest BCUT2D eigenvalue weighted by Crippen LogP contribution is -2.16. The molecule has 98 valence electrons. The van der Waals surface area contributed by atoms with Crippen molar-refractivity contribution in [3.63, 3.8) is 0 Å². The van der Waals surface area contributed by atoms with Crippen LogP contribution in [-0.2, 0) is 11.2 Å². The zero-order valence-electron chi connectivity index (χ0n) is 9.66. The van der Waals surface area contributed by atoms with Crippen LogP contribution < -0.4 is 5.32 Å². The minimum absolute atomic E-state index is 0.103. The van der Waals surface area contributed by atoms with Crippen LogP contribution in [-0.4, -0.2) is 10.9 Å². The molecule has 1 aromatic carbocycles. The van der Waals surface area contributed by atoms with Gasteiger partial charge in [-0.25, -0.2) is 13.8 Å². The molecule has 3 nitrogen and oxygen atoms in total. The van der Waals surface area contributed by atoms with E-state index in [1.807, 2.05) is 0 Å². The van der Waals surface area contributed by atoms with Gasteiger partial charge < -0.3 is 5.32 Å². The van der Waals surface area contributed by atoms with Gasteiger partial charge in [0.25, 0.3) is 0 Å². The summed E-state index contributed by atoms with van der Waals surface area (Å²) in [5.74, 6) is -1.72. The van der Waals surface area contributed by atoms with Crippen LogP contribution in [0.1, 0.15) is 5.56 Å². The Morgan fingerprint density at radius 3 is 2.79 bits per heavy atom. The van der Waals surface area contributed by atoms with Gasteiger partial charge in [-0.3, -0.25) is 4.79 Å². The van der Waals surface area contributed by atoms with E-state index in [1.165, 1.54) is 12.3 Å². The van der Waals surface area contributed by atoms with Crippen LogP contribution in [0.25, 0.3) is 0 Å². The van der Waals surface area contributed by atoms with Crippen molar-refractivity contribution in [2.24, 2.45) is 0 Å². The Bertz CT molecular complexity index is 619. The molecule has 0 bridgehead atoms. The Kier molecular flexibility index (Phi) is 4.06. The largest absolute Gasteiger partial charge is 0.309 e. The van der Waals surface area contributed by atoms with Gasteiger partial charge in [0.05, 0.1) is 11.4 Å². The molecule has 0 aliphatic rings. The molecule has 19 heavy (non-hydrogen) atoms. The molecule has 0 spiro atoms. The summed E-state index contributed by atoms with van der Waals surface area (Å²) >= 11 is 5.82. The number of anilines is 1. The Labute approximate surface area is 113 Å². The van der Waals surface area contributed by atoms with Gasteiger partial charge in [0, 0.05) is 12.3 Å². The summed E-state index contributed by atoms with van der Waals surface area (Å²) in [5.41, 5.74) is 0.103. The zero-order valence-corrected chi connectivity index (χ0v) is 10.4. The number of rotatable bonds is 3. The maximum absolute atomic E-state index is 13.4. The van der Waals surface area contributed by atoms with Crippen LogP contribution in [0.2, 0.25) is 5.02 Å². The highest BCUT2D eigenvalue weighted by Crippen LogP contribution is 2.18. The summed E-state index contributed by atoms with van der Waals surface area (Å²) in [6.45, 7) is 0. The number of aromatic nitrogens is 1. The number of nitrogens with zero attached hydrogens (tertiary/aromatic N) is 1.